The molecule has 1 N–H and O–H groups in total. The van der Waals surface area contributed by atoms with E-state index in [0.29, 0.717) is 0 Å². The molecule has 0 aliphatic heterocycles. The van der Waals surface area contributed by atoms with Crippen LogP contribution in [0.2, 0.25) is 0 Å². The highest BCUT2D eigenvalue weighted by Crippen LogP contribution is 2.15. The third-order valence-electron chi connectivity index (χ3n) is 1.05. The van der Waals surface area contributed by atoms with E-state index in [1.807, 2.05) is 0 Å². The fourth-order valence-electron chi connectivity index (χ4n) is 0.566. The molecule has 0 amide bonds. The number of rotatable bonds is 1. The van der Waals surface area contributed by atoms with E-state index >= 15 is 0 Å². The lowest BCUT2D eigenvalue weighted by molar-refractivity contribution is 0.281. The van der Waals surface area contributed by atoms with Gasteiger partial charge in [-0.25, -0.2) is 4.39 Å². The van der Waals surface area contributed by atoms with Gasteiger partial charge in [-0.05, 0) is 33.6 Å². The van der Waals surface area contributed by atoms with Crippen molar-refractivity contribution in [1.82, 2.24) is 0 Å². The normalized spacial score (nSPS) is 14.3. The molecular formula is C7H6BrFO. The molecule has 54 valence electrons. The standard InChI is InChI=1S/C7H6BrFO/c8-6-2-1-5(4-10)3-7(6)9/h1-3,10H,4H2/i4D2. The number of halogens is 2. The third-order valence-corrected chi connectivity index (χ3v) is 1.69. The van der Waals surface area contributed by atoms with Gasteiger partial charge in [0.2, 0.25) is 0 Å². The average molecular weight is 207 g/mol. The zero-order valence-corrected chi connectivity index (χ0v) is 6.52. The Kier molecular flexibility index (Phi) is 1.64. The van der Waals surface area contributed by atoms with Crippen molar-refractivity contribution in [3.05, 3.63) is 34.1 Å². The minimum Gasteiger partial charge on any atom is -0.392 e. The van der Waals surface area contributed by atoms with Crippen LogP contribution in [0.4, 0.5) is 4.39 Å². The third kappa shape index (κ3) is 1.55. The van der Waals surface area contributed by atoms with Crippen molar-refractivity contribution in [2.24, 2.45) is 0 Å². The van der Waals surface area contributed by atoms with Crippen molar-refractivity contribution in [3.8, 4) is 0 Å². The van der Waals surface area contributed by atoms with Crippen molar-refractivity contribution in [3.63, 3.8) is 0 Å². The van der Waals surface area contributed by atoms with E-state index < -0.39 is 12.4 Å². The van der Waals surface area contributed by atoms with E-state index in [2.05, 4.69) is 15.9 Å². The first-order valence-corrected chi connectivity index (χ1v) is 3.38. The van der Waals surface area contributed by atoms with Gasteiger partial charge in [0.1, 0.15) is 5.82 Å². The molecule has 1 rings (SSSR count). The molecule has 0 spiro atoms. The van der Waals surface area contributed by atoms with Crippen LogP contribution in [0, 0.1) is 5.82 Å². The van der Waals surface area contributed by atoms with Gasteiger partial charge in [-0.2, -0.15) is 0 Å². The molecule has 10 heavy (non-hydrogen) atoms. The van der Waals surface area contributed by atoms with Crippen LogP contribution in [0.15, 0.2) is 22.7 Å². The van der Waals surface area contributed by atoms with Gasteiger partial charge in [-0.1, -0.05) is 6.07 Å². The van der Waals surface area contributed by atoms with Gasteiger partial charge in [0.25, 0.3) is 0 Å². The number of hydrogen-bond donors (Lipinski definition) is 1. The molecule has 0 fully saturated rings. The summed E-state index contributed by atoms with van der Waals surface area (Å²) in [6, 6.07) is 3.61. The molecular weight excluding hydrogens is 199 g/mol. The number of benzene rings is 1. The molecule has 0 heterocycles. The van der Waals surface area contributed by atoms with Crippen LogP contribution >= 0.6 is 15.9 Å². The van der Waals surface area contributed by atoms with E-state index in [1.54, 1.807) is 0 Å². The maximum absolute atomic E-state index is 12.8. The molecule has 1 aromatic rings. The average Bonchev–Trinajstić information content (AvgIpc) is 1.92. The Bertz CT molecular complexity index is 298. The van der Waals surface area contributed by atoms with Crippen LogP contribution in [0.3, 0.4) is 0 Å². The maximum Gasteiger partial charge on any atom is 0.137 e. The van der Waals surface area contributed by atoms with Crippen LogP contribution in [0.1, 0.15) is 8.30 Å². The summed E-state index contributed by atoms with van der Waals surface area (Å²) in [5.74, 6) is -0.592. The zero-order valence-electron chi connectivity index (χ0n) is 6.94. The quantitative estimate of drug-likeness (QED) is 0.747. The van der Waals surface area contributed by atoms with Gasteiger partial charge in [-0.15, -0.1) is 0 Å². The van der Waals surface area contributed by atoms with E-state index in [9.17, 15) is 4.39 Å². The molecule has 0 aliphatic carbocycles. The lowest BCUT2D eigenvalue weighted by atomic mass is 10.2. The second-order valence-corrected chi connectivity index (χ2v) is 2.60. The molecule has 1 nitrogen and oxygen atoms in total. The largest absolute Gasteiger partial charge is 0.392 e. The van der Waals surface area contributed by atoms with Gasteiger partial charge in [0.05, 0.1) is 13.8 Å². The van der Waals surface area contributed by atoms with E-state index in [0.717, 1.165) is 6.07 Å². The first-order valence-electron chi connectivity index (χ1n) is 3.59. The Morgan fingerprint density at radius 2 is 2.40 bits per heavy atom. The monoisotopic (exact) mass is 206 g/mol. The number of hydrogen-bond acceptors (Lipinski definition) is 1. The SMILES string of the molecule is [2H]C([2H])(O)c1ccc(Br)c(F)c1. The predicted octanol–water partition coefficient (Wildman–Crippen LogP) is 2.08. The second-order valence-electron chi connectivity index (χ2n) is 1.74. The zero-order chi connectivity index (χ0) is 9.35. The molecule has 0 aromatic heterocycles. The fraction of sp³-hybridized carbons (Fsp3) is 0.143. The molecule has 0 aliphatic rings. The molecule has 0 saturated heterocycles. The number of aliphatic hydroxyl groups is 1. The van der Waals surface area contributed by atoms with Crippen molar-refractivity contribution in [1.29, 1.82) is 0 Å². The lowest BCUT2D eigenvalue weighted by Gasteiger charge is -1.96. The van der Waals surface area contributed by atoms with Gasteiger partial charge in [0.15, 0.2) is 0 Å². The van der Waals surface area contributed by atoms with Crippen LogP contribution in [0.25, 0.3) is 0 Å². The second kappa shape index (κ2) is 3.12. The van der Waals surface area contributed by atoms with Gasteiger partial charge < -0.3 is 5.11 Å². The lowest BCUT2D eigenvalue weighted by Crippen LogP contribution is -1.84. The predicted molar refractivity (Wildman–Crippen MR) is 40.0 cm³/mol. The maximum atomic E-state index is 12.8. The summed E-state index contributed by atoms with van der Waals surface area (Å²) in [7, 11) is 0. The molecule has 0 unspecified atom stereocenters. The fourth-order valence-corrected chi connectivity index (χ4v) is 0.812. The van der Waals surface area contributed by atoms with Crippen LogP contribution in [0.5, 0.6) is 0 Å². The Labute approximate surface area is 69.4 Å². The van der Waals surface area contributed by atoms with Crippen LogP contribution in [-0.2, 0) is 6.56 Å². The van der Waals surface area contributed by atoms with Crippen molar-refractivity contribution >= 4 is 15.9 Å². The molecule has 1 aromatic carbocycles. The first-order chi connectivity index (χ1) is 5.41. The Balaban J connectivity index is 3.14. The first kappa shape index (κ1) is 5.27. The van der Waals surface area contributed by atoms with Gasteiger partial charge in [-0.3, -0.25) is 0 Å². The summed E-state index contributed by atoms with van der Waals surface area (Å²) >= 11 is 2.92. The highest BCUT2D eigenvalue weighted by molar-refractivity contribution is 9.10. The van der Waals surface area contributed by atoms with Crippen LogP contribution < -0.4 is 0 Å². The molecule has 0 bridgehead atoms. The molecule has 3 heteroatoms. The smallest absolute Gasteiger partial charge is 0.137 e. The van der Waals surface area contributed by atoms with Gasteiger partial charge in [0, 0.05) is 0 Å². The molecule has 0 radical (unpaired) electrons. The Morgan fingerprint density at radius 3 is 2.90 bits per heavy atom. The topological polar surface area (TPSA) is 20.2 Å². The summed E-state index contributed by atoms with van der Waals surface area (Å²) in [6.07, 6.45) is 0. The summed E-state index contributed by atoms with van der Waals surface area (Å²) in [5.41, 5.74) is -0.0943. The van der Waals surface area contributed by atoms with Gasteiger partial charge >= 0.3 is 0 Å². The molecule has 0 atom stereocenters. The summed E-state index contributed by atoms with van der Waals surface area (Å²) in [5, 5.41) is 8.86. The summed E-state index contributed by atoms with van der Waals surface area (Å²) < 4.78 is 26.8. The minimum atomic E-state index is -2.48. The van der Waals surface area contributed by atoms with Crippen LogP contribution in [-0.4, -0.2) is 5.11 Å². The minimum absolute atomic E-state index is 0.0943. The van der Waals surface area contributed by atoms with E-state index in [4.69, 9.17) is 7.85 Å². The van der Waals surface area contributed by atoms with E-state index in [1.165, 1.54) is 12.1 Å². The van der Waals surface area contributed by atoms with Crippen molar-refractivity contribution in [2.75, 3.05) is 0 Å². The van der Waals surface area contributed by atoms with Crippen molar-refractivity contribution < 1.29 is 12.2 Å². The van der Waals surface area contributed by atoms with Crippen molar-refractivity contribution in [2.45, 2.75) is 6.56 Å². The molecule has 0 saturated carbocycles. The summed E-state index contributed by atoms with van der Waals surface area (Å²) in [4.78, 5) is 0. The summed E-state index contributed by atoms with van der Waals surface area (Å²) in [6.45, 7) is -2.48. The highest BCUT2D eigenvalue weighted by Gasteiger charge is 1.97. The van der Waals surface area contributed by atoms with E-state index in [-0.39, 0.29) is 10.0 Å². The highest BCUT2D eigenvalue weighted by atomic mass is 79.9. The Morgan fingerprint density at radius 1 is 1.70 bits per heavy atom. The Hall–Kier alpha value is -0.410.